The molecule has 5 nitrogen and oxygen atoms in total. The third-order valence-electron chi connectivity index (χ3n) is 2.11. The minimum absolute atomic E-state index is 0.0704. The van der Waals surface area contributed by atoms with Crippen LogP contribution in [0.4, 0.5) is 0 Å². The quantitative estimate of drug-likeness (QED) is 0.572. The molecule has 0 spiro atoms. The van der Waals surface area contributed by atoms with Crippen molar-refractivity contribution in [1.82, 2.24) is 20.1 Å². The molecule has 1 rings (SSSR count). The molecule has 0 fully saturated rings. The van der Waals surface area contributed by atoms with Gasteiger partial charge in [-0.1, -0.05) is 0 Å². The highest BCUT2D eigenvalue weighted by Crippen LogP contribution is 1.97. The van der Waals surface area contributed by atoms with Crippen molar-refractivity contribution in [2.75, 3.05) is 12.4 Å². The van der Waals surface area contributed by atoms with Crippen LogP contribution in [0.25, 0.3) is 0 Å². The van der Waals surface area contributed by atoms with Gasteiger partial charge in [0, 0.05) is 32.3 Å². The molecule has 16 heavy (non-hydrogen) atoms. The lowest BCUT2D eigenvalue weighted by molar-refractivity contribution is -0.121. The van der Waals surface area contributed by atoms with E-state index in [1.54, 1.807) is 11.0 Å². The molecular formula is C10H17ClN4O. The average Bonchev–Trinajstić information content (AvgIpc) is 2.65. The summed E-state index contributed by atoms with van der Waals surface area (Å²) in [6.45, 7) is 0.587. The molecule has 0 aromatic carbocycles. The Labute approximate surface area is 100 Å². The van der Waals surface area contributed by atoms with Crippen molar-refractivity contribution in [3.63, 3.8) is 0 Å². The smallest absolute Gasteiger partial charge is 0.220 e. The number of hydrogen-bond acceptors (Lipinski definition) is 3. The lowest BCUT2D eigenvalue weighted by Gasteiger charge is -2.02. The second-order valence-electron chi connectivity index (χ2n) is 3.58. The zero-order valence-corrected chi connectivity index (χ0v) is 10.2. The van der Waals surface area contributed by atoms with Gasteiger partial charge in [-0.05, 0) is 12.8 Å². The van der Waals surface area contributed by atoms with E-state index in [1.807, 2.05) is 7.05 Å². The predicted octanol–water partition coefficient (Wildman–Crippen LogP) is 0.883. The first-order valence-electron chi connectivity index (χ1n) is 5.39. The van der Waals surface area contributed by atoms with Gasteiger partial charge in [-0.25, -0.2) is 4.98 Å². The van der Waals surface area contributed by atoms with E-state index >= 15 is 0 Å². The number of alkyl halides is 1. The summed E-state index contributed by atoms with van der Waals surface area (Å²) in [5, 5.41) is 6.95. The number of nitrogens with zero attached hydrogens (tertiary/aromatic N) is 3. The highest BCUT2D eigenvalue weighted by atomic mass is 35.5. The number of carbonyl (C=O) groups excluding carboxylic acids is 1. The number of nitrogens with one attached hydrogen (secondary N) is 1. The topological polar surface area (TPSA) is 59.8 Å². The Kier molecular flexibility index (Phi) is 5.85. The summed E-state index contributed by atoms with van der Waals surface area (Å²) in [4.78, 5) is 15.4. The van der Waals surface area contributed by atoms with E-state index in [0.29, 0.717) is 25.3 Å². The molecule has 1 heterocycles. The van der Waals surface area contributed by atoms with Crippen LogP contribution >= 0.6 is 11.6 Å². The van der Waals surface area contributed by atoms with Gasteiger partial charge in [-0.15, -0.1) is 11.6 Å². The summed E-state index contributed by atoms with van der Waals surface area (Å²) >= 11 is 5.52. The molecule has 0 aliphatic heterocycles. The molecule has 90 valence electrons. The van der Waals surface area contributed by atoms with E-state index in [0.717, 1.165) is 18.7 Å². The number of aromatic nitrogens is 3. The van der Waals surface area contributed by atoms with Gasteiger partial charge in [0.1, 0.15) is 6.33 Å². The predicted molar refractivity (Wildman–Crippen MR) is 62.3 cm³/mol. The third kappa shape index (κ3) is 5.11. The summed E-state index contributed by atoms with van der Waals surface area (Å²) in [7, 11) is 1.82. The van der Waals surface area contributed by atoms with Crippen LogP contribution in [-0.2, 0) is 18.3 Å². The molecule has 0 bridgehead atoms. The van der Waals surface area contributed by atoms with Crippen molar-refractivity contribution in [3.8, 4) is 0 Å². The first kappa shape index (κ1) is 13.0. The maximum atomic E-state index is 11.3. The molecule has 1 aromatic heterocycles. The Morgan fingerprint density at radius 1 is 1.56 bits per heavy atom. The van der Waals surface area contributed by atoms with Crippen molar-refractivity contribution >= 4 is 17.5 Å². The first-order chi connectivity index (χ1) is 7.72. The second kappa shape index (κ2) is 7.22. The lowest BCUT2D eigenvalue weighted by Crippen LogP contribution is -2.25. The van der Waals surface area contributed by atoms with Gasteiger partial charge in [0.15, 0.2) is 5.82 Å². The number of amides is 1. The van der Waals surface area contributed by atoms with Crippen LogP contribution in [0.3, 0.4) is 0 Å². The van der Waals surface area contributed by atoms with E-state index in [1.165, 1.54) is 0 Å². The van der Waals surface area contributed by atoms with E-state index < -0.39 is 0 Å². The zero-order valence-electron chi connectivity index (χ0n) is 9.45. The van der Waals surface area contributed by atoms with Crippen molar-refractivity contribution in [3.05, 3.63) is 12.2 Å². The molecular weight excluding hydrogens is 228 g/mol. The van der Waals surface area contributed by atoms with E-state index in [2.05, 4.69) is 15.4 Å². The van der Waals surface area contributed by atoms with Gasteiger partial charge in [0.05, 0.1) is 0 Å². The van der Waals surface area contributed by atoms with Gasteiger partial charge in [0.25, 0.3) is 0 Å². The van der Waals surface area contributed by atoms with Crippen LogP contribution in [-0.4, -0.2) is 33.1 Å². The molecule has 0 aliphatic carbocycles. The van der Waals surface area contributed by atoms with Crippen molar-refractivity contribution < 1.29 is 4.79 Å². The SMILES string of the molecule is Cn1cnc(CCNC(=O)CCCCCl)n1. The van der Waals surface area contributed by atoms with Gasteiger partial charge in [0.2, 0.25) is 5.91 Å². The minimum Gasteiger partial charge on any atom is -0.356 e. The van der Waals surface area contributed by atoms with Gasteiger partial charge < -0.3 is 5.32 Å². The Balaban J connectivity index is 2.08. The number of carbonyl (C=O) groups is 1. The van der Waals surface area contributed by atoms with Crippen LogP contribution in [0.5, 0.6) is 0 Å². The fourth-order valence-corrected chi connectivity index (χ4v) is 1.47. The van der Waals surface area contributed by atoms with Crippen LogP contribution in [0.1, 0.15) is 25.1 Å². The van der Waals surface area contributed by atoms with Gasteiger partial charge in [-0.3, -0.25) is 9.48 Å². The third-order valence-corrected chi connectivity index (χ3v) is 2.37. The Bertz CT molecular complexity index is 326. The number of aryl methyl sites for hydroxylation is 1. The van der Waals surface area contributed by atoms with Crippen molar-refractivity contribution in [1.29, 1.82) is 0 Å². The van der Waals surface area contributed by atoms with E-state index in [4.69, 9.17) is 11.6 Å². The van der Waals surface area contributed by atoms with E-state index in [9.17, 15) is 4.79 Å². The average molecular weight is 245 g/mol. The zero-order chi connectivity index (χ0) is 11.8. The largest absolute Gasteiger partial charge is 0.356 e. The van der Waals surface area contributed by atoms with Crippen LogP contribution in [0.15, 0.2) is 6.33 Å². The monoisotopic (exact) mass is 244 g/mol. The summed E-state index contributed by atoms with van der Waals surface area (Å²) in [6.07, 6.45) is 4.59. The van der Waals surface area contributed by atoms with E-state index in [-0.39, 0.29) is 5.91 Å². The minimum atomic E-state index is 0.0704. The standard InChI is InChI=1S/C10H17ClN4O/c1-15-8-13-9(14-15)5-7-12-10(16)4-2-3-6-11/h8H,2-7H2,1H3,(H,12,16). The van der Waals surface area contributed by atoms with Crippen LogP contribution in [0.2, 0.25) is 0 Å². The highest BCUT2D eigenvalue weighted by Gasteiger charge is 2.02. The maximum absolute atomic E-state index is 11.3. The van der Waals surface area contributed by atoms with Crippen molar-refractivity contribution in [2.45, 2.75) is 25.7 Å². The molecule has 1 amide bonds. The fourth-order valence-electron chi connectivity index (χ4n) is 1.28. The number of halogens is 1. The Morgan fingerprint density at radius 2 is 2.38 bits per heavy atom. The summed E-state index contributed by atoms with van der Waals surface area (Å²) in [6, 6.07) is 0. The van der Waals surface area contributed by atoms with Gasteiger partial charge >= 0.3 is 0 Å². The number of rotatable bonds is 7. The summed E-state index contributed by atoms with van der Waals surface area (Å²) in [5.41, 5.74) is 0. The fraction of sp³-hybridized carbons (Fsp3) is 0.700. The molecule has 0 atom stereocenters. The first-order valence-corrected chi connectivity index (χ1v) is 5.93. The second-order valence-corrected chi connectivity index (χ2v) is 3.96. The summed E-state index contributed by atoms with van der Waals surface area (Å²) in [5.74, 6) is 1.44. The number of hydrogen-bond donors (Lipinski definition) is 1. The Morgan fingerprint density at radius 3 is 3.00 bits per heavy atom. The van der Waals surface area contributed by atoms with Crippen molar-refractivity contribution in [2.24, 2.45) is 7.05 Å². The Hall–Kier alpha value is -1.10. The molecule has 1 N–H and O–H groups in total. The van der Waals surface area contributed by atoms with Gasteiger partial charge in [-0.2, -0.15) is 5.10 Å². The molecule has 0 saturated heterocycles. The molecule has 0 radical (unpaired) electrons. The highest BCUT2D eigenvalue weighted by molar-refractivity contribution is 6.17. The lowest BCUT2D eigenvalue weighted by atomic mass is 10.2. The van der Waals surface area contributed by atoms with Crippen LogP contribution in [0, 0.1) is 0 Å². The molecule has 1 aromatic rings. The molecule has 0 saturated carbocycles. The maximum Gasteiger partial charge on any atom is 0.220 e. The van der Waals surface area contributed by atoms with Crippen LogP contribution < -0.4 is 5.32 Å². The summed E-state index contributed by atoms with van der Waals surface area (Å²) < 4.78 is 1.65. The number of unbranched alkanes of at least 4 members (excludes halogenated alkanes) is 1. The molecule has 0 unspecified atom stereocenters. The molecule has 6 heteroatoms. The normalized spacial score (nSPS) is 10.4. The molecule has 0 aliphatic rings.